The molecule has 206 valence electrons. The van der Waals surface area contributed by atoms with Crippen LogP contribution in [0.1, 0.15) is 79.0 Å². The Balaban J connectivity index is 1.58. The Labute approximate surface area is 245 Å². The van der Waals surface area contributed by atoms with E-state index in [9.17, 15) is 0 Å². The van der Waals surface area contributed by atoms with Crippen molar-refractivity contribution in [1.29, 1.82) is 0 Å². The molecule has 0 aliphatic carbocycles. The van der Waals surface area contributed by atoms with Crippen LogP contribution in [0.5, 0.6) is 0 Å². The van der Waals surface area contributed by atoms with Gasteiger partial charge in [0.05, 0.1) is 5.69 Å². The predicted octanol–water partition coefficient (Wildman–Crippen LogP) is 11.9. The lowest BCUT2D eigenvalue weighted by atomic mass is 9.84. The molecule has 0 aliphatic rings. The van der Waals surface area contributed by atoms with E-state index in [1.54, 1.807) is 11.3 Å². The lowest BCUT2D eigenvalue weighted by Crippen LogP contribution is -2.10. The van der Waals surface area contributed by atoms with Crippen molar-refractivity contribution in [3.05, 3.63) is 107 Å². The number of benzene rings is 4. The van der Waals surface area contributed by atoms with E-state index in [-0.39, 0.29) is 16.2 Å². The highest BCUT2D eigenvalue weighted by atomic mass is 32.1. The lowest BCUT2D eigenvalue weighted by molar-refractivity contribution is 0.590. The lowest BCUT2D eigenvalue weighted by Gasteiger charge is -2.21. The van der Waals surface area contributed by atoms with E-state index in [2.05, 4.69) is 158 Å². The molecule has 0 saturated heterocycles. The molecule has 40 heavy (non-hydrogen) atoms. The van der Waals surface area contributed by atoms with Gasteiger partial charge in [-0.05, 0) is 79.5 Å². The molecule has 0 saturated carbocycles. The Morgan fingerprint density at radius 2 is 1.00 bits per heavy atom. The van der Waals surface area contributed by atoms with Crippen LogP contribution in [0.25, 0.3) is 32.3 Å². The summed E-state index contributed by atoms with van der Waals surface area (Å²) in [5.41, 5.74) is 11.7. The highest BCUT2D eigenvalue weighted by molar-refractivity contribution is 7.17. The summed E-state index contributed by atoms with van der Waals surface area (Å²) in [5.74, 6) is 0. The van der Waals surface area contributed by atoms with E-state index >= 15 is 0 Å². The molecule has 0 atom stereocenters. The van der Waals surface area contributed by atoms with Crippen LogP contribution < -0.4 is 5.32 Å². The standard InChI is InChI=1S/C38H43NS/c1-36(2,3)27-14-10-25(11-15-27)31-20-19-30(23-32(31)26-12-16-28(17-13-26)37(4,5)6)39-34-24-40-35-21-18-29(22-33(34)35)38(7,8)9/h10-24,39H,1-9H3. The average molecular weight is 546 g/mol. The van der Waals surface area contributed by atoms with Crippen LogP contribution >= 0.6 is 11.3 Å². The van der Waals surface area contributed by atoms with Crippen molar-refractivity contribution < 1.29 is 0 Å². The van der Waals surface area contributed by atoms with Gasteiger partial charge in [-0.2, -0.15) is 0 Å². The highest BCUT2D eigenvalue weighted by Crippen LogP contribution is 2.39. The number of thiophene rings is 1. The summed E-state index contributed by atoms with van der Waals surface area (Å²) < 4.78 is 1.31. The first kappa shape index (κ1) is 28.2. The van der Waals surface area contributed by atoms with Gasteiger partial charge >= 0.3 is 0 Å². The van der Waals surface area contributed by atoms with Gasteiger partial charge in [-0.25, -0.2) is 0 Å². The van der Waals surface area contributed by atoms with Gasteiger partial charge < -0.3 is 5.32 Å². The van der Waals surface area contributed by atoms with Gasteiger partial charge in [0.25, 0.3) is 0 Å². The fourth-order valence-electron chi connectivity index (χ4n) is 5.16. The third kappa shape index (κ3) is 5.88. The van der Waals surface area contributed by atoms with Crippen LogP contribution in [0.2, 0.25) is 0 Å². The minimum Gasteiger partial charge on any atom is -0.354 e. The molecule has 5 aromatic rings. The van der Waals surface area contributed by atoms with Crippen molar-refractivity contribution in [2.24, 2.45) is 0 Å². The maximum atomic E-state index is 3.77. The Morgan fingerprint density at radius 3 is 1.52 bits per heavy atom. The average Bonchev–Trinajstić information content (AvgIpc) is 3.29. The molecule has 2 heteroatoms. The van der Waals surface area contributed by atoms with E-state index in [0.29, 0.717) is 0 Å². The number of nitrogens with one attached hydrogen (secondary N) is 1. The maximum Gasteiger partial charge on any atom is 0.0573 e. The Kier molecular flexibility index (Phi) is 7.21. The third-order valence-electron chi connectivity index (χ3n) is 7.86. The van der Waals surface area contributed by atoms with E-state index in [1.165, 1.54) is 54.7 Å². The zero-order valence-corrected chi connectivity index (χ0v) is 26.4. The minimum atomic E-state index is 0.115. The van der Waals surface area contributed by atoms with Gasteiger partial charge in [0.15, 0.2) is 0 Å². The van der Waals surface area contributed by atoms with Crippen LogP contribution in [0, 0.1) is 0 Å². The first-order valence-corrected chi connectivity index (χ1v) is 15.2. The molecule has 0 bridgehead atoms. The van der Waals surface area contributed by atoms with Crippen molar-refractivity contribution in [3.63, 3.8) is 0 Å². The highest BCUT2D eigenvalue weighted by Gasteiger charge is 2.18. The van der Waals surface area contributed by atoms with Gasteiger partial charge in [-0.1, -0.05) is 123 Å². The number of fused-ring (bicyclic) bond motifs is 1. The monoisotopic (exact) mass is 545 g/mol. The van der Waals surface area contributed by atoms with Crippen LogP contribution in [-0.4, -0.2) is 0 Å². The molecule has 0 radical (unpaired) electrons. The van der Waals surface area contributed by atoms with Gasteiger partial charge in [0.2, 0.25) is 0 Å². The second-order valence-corrected chi connectivity index (χ2v) is 15.1. The quantitative estimate of drug-likeness (QED) is 0.237. The number of rotatable bonds is 4. The first-order valence-electron chi connectivity index (χ1n) is 14.3. The van der Waals surface area contributed by atoms with Crippen LogP contribution in [0.4, 0.5) is 11.4 Å². The molecule has 0 fully saturated rings. The molecule has 1 nitrogen and oxygen atoms in total. The Hall–Kier alpha value is -3.36. The first-order chi connectivity index (χ1) is 18.7. The number of anilines is 2. The molecule has 1 heterocycles. The molecule has 0 aliphatic heterocycles. The summed E-state index contributed by atoms with van der Waals surface area (Å²) in [7, 11) is 0. The normalized spacial score (nSPS) is 12.6. The number of hydrogen-bond donors (Lipinski definition) is 1. The Bertz CT molecular complexity index is 1630. The van der Waals surface area contributed by atoms with Crippen molar-refractivity contribution in [1.82, 2.24) is 0 Å². The van der Waals surface area contributed by atoms with Gasteiger partial charge in [-0.3, -0.25) is 0 Å². The largest absolute Gasteiger partial charge is 0.354 e. The fraction of sp³-hybridized carbons (Fsp3) is 0.316. The van der Waals surface area contributed by atoms with E-state index in [0.717, 1.165) is 5.69 Å². The number of hydrogen-bond acceptors (Lipinski definition) is 2. The summed E-state index contributed by atoms with van der Waals surface area (Å²) >= 11 is 1.80. The molecular weight excluding hydrogens is 502 g/mol. The maximum absolute atomic E-state index is 3.77. The van der Waals surface area contributed by atoms with Crippen LogP contribution in [0.3, 0.4) is 0 Å². The van der Waals surface area contributed by atoms with Gasteiger partial charge in [0.1, 0.15) is 0 Å². The summed E-state index contributed by atoms with van der Waals surface area (Å²) in [5, 5.41) is 7.30. The molecule has 0 spiro atoms. The molecule has 0 unspecified atom stereocenters. The van der Waals surface area contributed by atoms with E-state index in [1.807, 2.05) is 0 Å². The zero-order valence-electron chi connectivity index (χ0n) is 25.6. The molecule has 1 N–H and O–H groups in total. The topological polar surface area (TPSA) is 12.0 Å². The molecule has 0 amide bonds. The van der Waals surface area contributed by atoms with Crippen molar-refractivity contribution in [2.75, 3.05) is 5.32 Å². The minimum absolute atomic E-state index is 0.115. The second kappa shape index (κ2) is 10.2. The van der Waals surface area contributed by atoms with Crippen molar-refractivity contribution >= 4 is 32.8 Å². The van der Waals surface area contributed by atoms with Gasteiger partial charge in [0, 0.05) is 21.2 Å². The zero-order chi connectivity index (χ0) is 28.9. The predicted molar refractivity (Wildman–Crippen MR) is 179 cm³/mol. The fourth-order valence-corrected chi connectivity index (χ4v) is 6.03. The summed E-state index contributed by atoms with van der Waals surface area (Å²) in [4.78, 5) is 0. The van der Waals surface area contributed by atoms with Crippen LogP contribution in [0.15, 0.2) is 90.3 Å². The van der Waals surface area contributed by atoms with E-state index < -0.39 is 0 Å². The smallest absolute Gasteiger partial charge is 0.0573 e. The van der Waals surface area contributed by atoms with Crippen molar-refractivity contribution in [2.45, 2.75) is 78.6 Å². The molecular formula is C38H43NS. The second-order valence-electron chi connectivity index (χ2n) is 14.2. The molecule has 1 aromatic heterocycles. The van der Waals surface area contributed by atoms with Crippen LogP contribution in [-0.2, 0) is 16.2 Å². The summed E-state index contributed by atoms with van der Waals surface area (Å²) in [6, 6.07) is 31.9. The summed E-state index contributed by atoms with van der Waals surface area (Å²) in [6.45, 7) is 20.4. The summed E-state index contributed by atoms with van der Waals surface area (Å²) in [6.07, 6.45) is 0. The Morgan fingerprint density at radius 1 is 0.500 bits per heavy atom. The van der Waals surface area contributed by atoms with Gasteiger partial charge in [-0.15, -0.1) is 11.3 Å². The van der Waals surface area contributed by atoms with E-state index in [4.69, 9.17) is 0 Å². The van der Waals surface area contributed by atoms with Crippen molar-refractivity contribution in [3.8, 4) is 22.3 Å². The third-order valence-corrected chi connectivity index (χ3v) is 8.83. The molecule has 5 rings (SSSR count). The molecule has 4 aromatic carbocycles. The SMILES string of the molecule is CC(C)(C)c1ccc(-c2ccc(Nc3csc4ccc(C(C)(C)C)cc34)cc2-c2ccc(C(C)(C)C)cc2)cc1.